The van der Waals surface area contributed by atoms with E-state index in [1.165, 1.54) is 10.9 Å². The van der Waals surface area contributed by atoms with Gasteiger partial charge in [-0.1, -0.05) is 45.4 Å². The van der Waals surface area contributed by atoms with E-state index in [9.17, 15) is 0 Å². The summed E-state index contributed by atoms with van der Waals surface area (Å²) >= 11 is 0. The molecule has 114 valence electrons. The molecule has 1 atom stereocenters. The number of rotatable bonds is 7. The Labute approximate surface area is 127 Å². The predicted molar refractivity (Wildman–Crippen MR) is 88.7 cm³/mol. The van der Waals surface area contributed by atoms with Gasteiger partial charge in [-0.3, -0.25) is 0 Å². The van der Waals surface area contributed by atoms with Crippen LogP contribution in [0.3, 0.4) is 0 Å². The minimum atomic E-state index is 0.203. The standard InChI is InChI=1S/C18H26N2O/c1-5-8-14(4)21-18-11-15(12-19-13(2)3)16-9-6-7-10-17(16)20-18/h6-7,9-11,13-14,19H,5,8,12H2,1-4H3. The van der Waals surface area contributed by atoms with Crippen LogP contribution in [0.1, 0.15) is 46.1 Å². The summed E-state index contributed by atoms with van der Waals surface area (Å²) in [4.78, 5) is 4.64. The molecule has 2 aromatic rings. The van der Waals surface area contributed by atoms with E-state index in [1.807, 2.05) is 12.1 Å². The van der Waals surface area contributed by atoms with Crippen molar-refractivity contribution >= 4 is 10.9 Å². The fraction of sp³-hybridized carbons (Fsp3) is 0.500. The molecular weight excluding hydrogens is 260 g/mol. The normalized spacial score (nSPS) is 12.8. The molecule has 3 heteroatoms. The first-order valence-electron chi connectivity index (χ1n) is 7.88. The molecule has 0 bridgehead atoms. The van der Waals surface area contributed by atoms with Crippen LogP contribution in [0.4, 0.5) is 0 Å². The maximum absolute atomic E-state index is 5.97. The van der Waals surface area contributed by atoms with Crippen LogP contribution in [-0.4, -0.2) is 17.1 Å². The van der Waals surface area contributed by atoms with Gasteiger partial charge in [-0.05, 0) is 25.0 Å². The van der Waals surface area contributed by atoms with Crippen LogP contribution in [0, 0.1) is 0 Å². The topological polar surface area (TPSA) is 34.1 Å². The Kier molecular flexibility index (Phi) is 5.57. The van der Waals surface area contributed by atoms with Crippen molar-refractivity contribution in [3.8, 4) is 5.88 Å². The lowest BCUT2D eigenvalue weighted by Gasteiger charge is -2.16. The van der Waals surface area contributed by atoms with Crippen molar-refractivity contribution in [1.82, 2.24) is 10.3 Å². The van der Waals surface area contributed by atoms with Gasteiger partial charge in [0.1, 0.15) is 0 Å². The highest BCUT2D eigenvalue weighted by atomic mass is 16.5. The smallest absolute Gasteiger partial charge is 0.214 e. The Morgan fingerprint density at radius 3 is 2.67 bits per heavy atom. The van der Waals surface area contributed by atoms with Crippen LogP contribution < -0.4 is 10.1 Å². The maximum atomic E-state index is 5.97. The number of hydrogen-bond acceptors (Lipinski definition) is 3. The van der Waals surface area contributed by atoms with Crippen molar-refractivity contribution in [3.63, 3.8) is 0 Å². The van der Waals surface area contributed by atoms with E-state index < -0.39 is 0 Å². The van der Waals surface area contributed by atoms with Gasteiger partial charge in [0, 0.05) is 24.0 Å². The van der Waals surface area contributed by atoms with Gasteiger partial charge < -0.3 is 10.1 Å². The highest BCUT2D eigenvalue weighted by Crippen LogP contribution is 2.23. The Bertz CT molecular complexity index is 580. The fourth-order valence-corrected chi connectivity index (χ4v) is 2.41. The highest BCUT2D eigenvalue weighted by molar-refractivity contribution is 5.82. The van der Waals surface area contributed by atoms with Crippen LogP contribution in [0.5, 0.6) is 5.88 Å². The van der Waals surface area contributed by atoms with Crippen molar-refractivity contribution in [2.24, 2.45) is 0 Å². The second-order valence-electron chi connectivity index (χ2n) is 5.89. The van der Waals surface area contributed by atoms with Crippen LogP contribution in [-0.2, 0) is 6.54 Å². The molecule has 0 saturated carbocycles. The molecule has 0 radical (unpaired) electrons. The summed E-state index contributed by atoms with van der Waals surface area (Å²) in [6.07, 6.45) is 2.37. The summed E-state index contributed by atoms with van der Waals surface area (Å²) in [6.45, 7) is 9.42. The number of aromatic nitrogens is 1. The number of benzene rings is 1. The molecule has 0 saturated heterocycles. The third-order valence-electron chi connectivity index (χ3n) is 3.50. The molecule has 1 unspecified atom stereocenters. The molecule has 0 aliphatic carbocycles. The molecule has 0 amide bonds. The van der Waals surface area contributed by atoms with Crippen molar-refractivity contribution in [2.75, 3.05) is 0 Å². The molecule has 1 aromatic carbocycles. The Morgan fingerprint density at radius 1 is 1.19 bits per heavy atom. The lowest BCUT2D eigenvalue weighted by molar-refractivity contribution is 0.202. The first-order chi connectivity index (χ1) is 10.1. The number of hydrogen-bond donors (Lipinski definition) is 1. The van der Waals surface area contributed by atoms with Crippen molar-refractivity contribution in [1.29, 1.82) is 0 Å². The van der Waals surface area contributed by atoms with Crippen molar-refractivity contribution in [2.45, 2.75) is 59.2 Å². The zero-order chi connectivity index (χ0) is 15.2. The summed E-state index contributed by atoms with van der Waals surface area (Å²) < 4.78 is 5.97. The van der Waals surface area contributed by atoms with Crippen molar-refractivity contribution < 1.29 is 4.74 Å². The van der Waals surface area contributed by atoms with Crippen molar-refractivity contribution in [3.05, 3.63) is 35.9 Å². The molecule has 2 rings (SSSR count). The van der Waals surface area contributed by atoms with Gasteiger partial charge in [-0.2, -0.15) is 0 Å². The summed E-state index contributed by atoms with van der Waals surface area (Å²) in [7, 11) is 0. The molecular formula is C18H26N2O. The Balaban J connectivity index is 2.30. The summed E-state index contributed by atoms with van der Waals surface area (Å²) in [5.74, 6) is 0.732. The molecule has 0 spiro atoms. The number of nitrogens with one attached hydrogen (secondary N) is 1. The number of para-hydroxylation sites is 1. The molecule has 1 heterocycles. The molecule has 3 nitrogen and oxygen atoms in total. The average Bonchev–Trinajstić information content (AvgIpc) is 2.44. The second-order valence-corrected chi connectivity index (χ2v) is 5.89. The molecule has 1 N–H and O–H groups in total. The third-order valence-corrected chi connectivity index (χ3v) is 3.50. The average molecular weight is 286 g/mol. The van der Waals surface area contributed by atoms with Crippen LogP contribution in [0.15, 0.2) is 30.3 Å². The summed E-state index contributed by atoms with van der Waals surface area (Å²) in [5.41, 5.74) is 2.24. The van der Waals surface area contributed by atoms with Crippen LogP contribution >= 0.6 is 0 Å². The number of nitrogens with zero attached hydrogens (tertiary/aromatic N) is 1. The van der Waals surface area contributed by atoms with Gasteiger partial charge in [0.2, 0.25) is 5.88 Å². The van der Waals surface area contributed by atoms with Gasteiger partial charge in [-0.25, -0.2) is 4.98 Å². The Morgan fingerprint density at radius 2 is 1.95 bits per heavy atom. The van der Waals surface area contributed by atoms with E-state index in [0.29, 0.717) is 6.04 Å². The first-order valence-corrected chi connectivity index (χ1v) is 7.88. The molecule has 21 heavy (non-hydrogen) atoms. The fourth-order valence-electron chi connectivity index (χ4n) is 2.41. The maximum Gasteiger partial charge on any atom is 0.214 e. The molecule has 0 aliphatic heterocycles. The largest absolute Gasteiger partial charge is 0.475 e. The number of fused-ring (bicyclic) bond motifs is 1. The molecule has 0 aliphatic rings. The Hall–Kier alpha value is -1.61. The van der Waals surface area contributed by atoms with Gasteiger partial charge in [0.05, 0.1) is 11.6 Å². The molecule has 1 aromatic heterocycles. The summed E-state index contributed by atoms with van der Waals surface area (Å²) in [6, 6.07) is 10.8. The van der Waals surface area contributed by atoms with E-state index in [4.69, 9.17) is 4.74 Å². The van der Waals surface area contributed by atoms with E-state index in [1.54, 1.807) is 0 Å². The van der Waals surface area contributed by atoms with E-state index in [-0.39, 0.29) is 6.10 Å². The highest BCUT2D eigenvalue weighted by Gasteiger charge is 2.09. The van der Waals surface area contributed by atoms with Crippen LogP contribution in [0.2, 0.25) is 0 Å². The quantitative estimate of drug-likeness (QED) is 0.824. The van der Waals surface area contributed by atoms with Gasteiger partial charge >= 0.3 is 0 Å². The van der Waals surface area contributed by atoms with E-state index in [2.05, 4.69) is 56.2 Å². The van der Waals surface area contributed by atoms with E-state index in [0.717, 1.165) is 30.8 Å². The predicted octanol–water partition coefficient (Wildman–Crippen LogP) is 4.30. The lowest BCUT2D eigenvalue weighted by Crippen LogP contribution is -2.22. The molecule has 0 fully saturated rings. The zero-order valence-corrected chi connectivity index (χ0v) is 13.5. The van der Waals surface area contributed by atoms with Gasteiger partial charge in [-0.15, -0.1) is 0 Å². The first kappa shape index (κ1) is 15.8. The zero-order valence-electron chi connectivity index (χ0n) is 13.5. The van der Waals surface area contributed by atoms with E-state index >= 15 is 0 Å². The summed E-state index contributed by atoms with van der Waals surface area (Å²) in [5, 5.41) is 4.67. The number of ether oxygens (including phenoxy) is 1. The number of pyridine rings is 1. The SMILES string of the molecule is CCCC(C)Oc1cc(CNC(C)C)c2ccccc2n1. The lowest BCUT2D eigenvalue weighted by atomic mass is 10.1. The monoisotopic (exact) mass is 286 g/mol. The third kappa shape index (κ3) is 4.43. The van der Waals surface area contributed by atoms with Crippen LogP contribution in [0.25, 0.3) is 10.9 Å². The van der Waals surface area contributed by atoms with Gasteiger partial charge in [0.25, 0.3) is 0 Å². The second kappa shape index (κ2) is 7.41. The van der Waals surface area contributed by atoms with Gasteiger partial charge in [0.15, 0.2) is 0 Å². The minimum Gasteiger partial charge on any atom is -0.475 e. The minimum absolute atomic E-state index is 0.203.